The molecule has 0 radical (unpaired) electrons. The largest absolute Gasteiger partial charge is 0.302 e. The number of rotatable bonds is 2. The monoisotopic (exact) mass is 299 g/mol. The van der Waals surface area contributed by atoms with Gasteiger partial charge in [0.1, 0.15) is 0 Å². The van der Waals surface area contributed by atoms with Gasteiger partial charge in [-0.2, -0.15) is 0 Å². The minimum atomic E-state index is 0.425. The summed E-state index contributed by atoms with van der Waals surface area (Å²) in [6.07, 6.45) is 2.33. The molecule has 1 aliphatic rings. The van der Waals surface area contributed by atoms with Crippen LogP contribution in [0.5, 0.6) is 0 Å². The Bertz CT molecular complexity index is 648. The third kappa shape index (κ3) is 2.73. The minimum absolute atomic E-state index is 0.425. The number of halogens is 1. The molecule has 0 heterocycles. The van der Waals surface area contributed by atoms with E-state index in [2.05, 4.69) is 68.4 Å². The molecule has 0 fully saturated rings. The zero-order valence-corrected chi connectivity index (χ0v) is 13.7. The zero-order chi connectivity index (χ0) is 15.0. The molecule has 2 heteroatoms. The number of aryl methyl sites for hydroxylation is 2. The molecule has 0 spiro atoms. The van der Waals surface area contributed by atoms with Gasteiger partial charge < -0.3 is 4.90 Å². The van der Waals surface area contributed by atoms with Gasteiger partial charge in [0.15, 0.2) is 0 Å². The van der Waals surface area contributed by atoms with Crippen LogP contribution in [0, 0.1) is 6.92 Å². The first-order valence-corrected chi connectivity index (χ1v) is 7.96. The molecule has 110 valence electrons. The summed E-state index contributed by atoms with van der Waals surface area (Å²) >= 11 is 6.35. The highest BCUT2D eigenvalue weighted by Crippen LogP contribution is 2.43. The van der Waals surface area contributed by atoms with Gasteiger partial charge in [-0.15, -0.1) is 0 Å². The number of hydrogen-bond acceptors (Lipinski definition) is 1. The normalized spacial score (nSPS) is 21.4. The highest BCUT2D eigenvalue weighted by atomic mass is 35.5. The third-order valence-corrected chi connectivity index (χ3v) is 5.07. The highest BCUT2D eigenvalue weighted by Gasteiger charge is 2.32. The van der Waals surface area contributed by atoms with Crippen molar-refractivity contribution in [2.24, 2.45) is 0 Å². The van der Waals surface area contributed by atoms with Gasteiger partial charge in [0.05, 0.1) is 0 Å². The maximum atomic E-state index is 6.35. The fourth-order valence-corrected chi connectivity index (χ4v) is 3.75. The topological polar surface area (TPSA) is 3.24 Å². The van der Waals surface area contributed by atoms with Gasteiger partial charge in [-0.1, -0.05) is 48.0 Å². The van der Waals surface area contributed by atoms with Gasteiger partial charge in [-0.05, 0) is 62.2 Å². The van der Waals surface area contributed by atoms with E-state index in [-0.39, 0.29) is 0 Å². The Kier molecular flexibility index (Phi) is 4.05. The van der Waals surface area contributed by atoms with Crippen LogP contribution in [-0.4, -0.2) is 19.0 Å². The molecule has 0 aliphatic heterocycles. The Labute approximate surface area is 132 Å². The van der Waals surface area contributed by atoms with Crippen LogP contribution < -0.4 is 0 Å². The SMILES string of the molecule is Cc1ccc([C@H]2CCc3ccccc3[C@H]2N(C)C)cc1Cl. The molecule has 0 saturated carbocycles. The van der Waals surface area contributed by atoms with Crippen LogP contribution >= 0.6 is 11.6 Å². The van der Waals surface area contributed by atoms with Crippen molar-refractivity contribution in [1.29, 1.82) is 0 Å². The van der Waals surface area contributed by atoms with Gasteiger partial charge >= 0.3 is 0 Å². The van der Waals surface area contributed by atoms with Gasteiger partial charge in [-0.25, -0.2) is 0 Å². The van der Waals surface area contributed by atoms with E-state index in [1.807, 2.05) is 0 Å². The summed E-state index contributed by atoms with van der Waals surface area (Å²) in [5.41, 5.74) is 5.47. The van der Waals surface area contributed by atoms with E-state index in [4.69, 9.17) is 11.6 Å². The highest BCUT2D eigenvalue weighted by molar-refractivity contribution is 6.31. The summed E-state index contributed by atoms with van der Waals surface area (Å²) in [7, 11) is 4.35. The van der Waals surface area contributed by atoms with Gasteiger partial charge in [-0.3, -0.25) is 0 Å². The number of likely N-dealkylation sites (N-methyl/N-ethyl adjacent to an activating group) is 1. The summed E-state index contributed by atoms with van der Waals surface area (Å²) < 4.78 is 0. The third-order valence-electron chi connectivity index (χ3n) is 4.66. The molecule has 1 nitrogen and oxygen atoms in total. The summed E-state index contributed by atoms with van der Waals surface area (Å²) in [6, 6.07) is 15.8. The zero-order valence-electron chi connectivity index (χ0n) is 12.9. The van der Waals surface area contributed by atoms with E-state index in [1.165, 1.54) is 23.1 Å². The molecule has 2 aromatic carbocycles. The molecule has 1 aliphatic carbocycles. The Morgan fingerprint density at radius 2 is 1.86 bits per heavy atom. The molecular weight excluding hydrogens is 278 g/mol. The van der Waals surface area contributed by atoms with Crippen molar-refractivity contribution in [2.45, 2.75) is 31.7 Å². The lowest BCUT2D eigenvalue weighted by molar-refractivity contribution is 0.237. The Morgan fingerprint density at radius 3 is 2.57 bits per heavy atom. The predicted molar refractivity (Wildman–Crippen MR) is 90.1 cm³/mol. The van der Waals surface area contributed by atoms with Crippen molar-refractivity contribution in [3.05, 3.63) is 69.7 Å². The summed E-state index contributed by atoms with van der Waals surface area (Å²) in [5.74, 6) is 0.507. The number of fused-ring (bicyclic) bond motifs is 1. The molecule has 0 bridgehead atoms. The number of benzene rings is 2. The van der Waals surface area contributed by atoms with Crippen molar-refractivity contribution < 1.29 is 0 Å². The van der Waals surface area contributed by atoms with Crippen LogP contribution in [0.4, 0.5) is 0 Å². The molecule has 0 unspecified atom stereocenters. The van der Waals surface area contributed by atoms with Crippen LogP contribution in [0.1, 0.15) is 40.6 Å². The minimum Gasteiger partial charge on any atom is -0.302 e. The van der Waals surface area contributed by atoms with Crippen molar-refractivity contribution >= 4 is 11.6 Å². The molecule has 2 aromatic rings. The van der Waals surface area contributed by atoms with Crippen LogP contribution in [0.15, 0.2) is 42.5 Å². The molecule has 0 amide bonds. The molecule has 3 rings (SSSR count). The molecule has 0 aromatic heterocycles. The fraction of sp³-hybridized carbons (Fsp3) is 0.368. The lowest BCUT2D eigenvalue weighted by atomic mass is 9.75. The molecule has 2 atom stereocenters. The lowest BCUT2D eigenvalue weighted by Gasteiger charge is -2.38. The van der Waals surface area contributed by atoms with Gasteiger partial charge in [0.2, 0.25) is 0 Å². The van der Waals surface area contributed by atoms with E-state index in [0.29, 0.717) is 12.0 Å². The molecule has 0 saturated heterocycles. The van der Waals surface area contributed by atoms with Crippen molar-refractivity contribution in [1.82, 2.24) is 4.90 Å². The van der Waals surface area contributed by atoms with Crippen LogP contribution in [0.3, 0.4) is 0 Å². The van der Waals surface area contributed by atoms with E-state index < -0.39 is 0 Å². The number of nitrogens with zero attached hydrogens (tertiary/aromatic N) is 1. The predicted octanol–water partition coefficient (Wildman–Crippen LogP) is 4.98. The van der Waals surface area contributed by atoms with Crippen LogP contribution in [0.2, 0.25) is 5.02 Å². The van der Waals surface area contributed by atoms with Crippen LogP contribution in [0.25, 0.3) is 0 Å². The quantitative estimate of drug-likeness (QED) is 0.756. The van der Waals surface area contributed by atoms with Crippen LogP contribution in [-0.2, 0) is 6.42 Å². The maximum absolute atomic E-state index is 6.35. The second kappa shape index (κ2) is 5.82. The first-order chi connectivity index (χ1) is 10.1. The van der Waals surface area contributed by atoms with Crippen molar-refractivity contribution in [3.63, 3.8) is 0 Å². The Hall–Kier alpha value is -1.31. The van der Waals surface area contributed by atoms with E-state index in [0.717, 1.165) is 17.0 Å². The average Bonchev–Trinajstić information content (AvgIpc) is 2.48. The van der Waals surface area contributed by atoms with Crippen molar-refractivity contribution in [3.8, 4) is 0 Å². The second-order valence-corrected chi connectivity index (χ2v) is 6.67. The van der Waals surface area contributed by atoms with Crippen molar-refractivity contribution in [2.75, 3.05) is 14.1 Å². The first-order valence-electron chi connectivity index (χ1n) is 7.58. The lowest BCUT2D eigenvalue weighted by Crippen LogP contribution is -2.30. The smallest absolute Gasteiger partial charge is 0.0438 e. The average molecular weight is 300 g/mol. The maximum Gasteiger partial charge on any atom is 0.0438 e. The molecule has 21 heavy (non-hydrogen) atoms. The van der Waals surface area contributed by atoms with E-state index in [1.54, 1.807) is 0 Å². The number of hydrogen-bond donors (Lipinski definition) is 0. The second-order valence-electron chi connectivity index (χ2n) is 6.26. The summed E-state index contributed by atoms with van der Waals surface area (Å²) in [5, 5.41) is 0.879. The standard InChI is InChI=1S/C19H22ClN/c1-13-8-9-15(12-18(13)20)17-11-10-14-6-4-5-7-16(14)19(17)21(2)3/h4-9,12,17,19H,10-11H2,1-3H3/t17-,19-/m1/s1. The Morgan fingerprint density at radius 1 is 1.10 bits per heavy atom. The Balaban J connectivity index is 2.04. The fourth-order valence-electron chi connectivity index (χ4n) is 3.56. The molecule has 0 N–H and O–H groups in total. The molecular formula is C19H22ClN. The van der Waals surface area contributed by atoms with E-state index in [9.17, 15) is 0 Å². The van der Waals surface area contributed by atoms with E-state index >= 15 is 0 Å². The summed E-state index contributed by atoms with van der Waals surface area (Å²) in [4.78, 5) is 2.34. The summed E-state index contributed by atoms with van der Waals surface area (Å²) in [6.45, 7) is 2.06. The van der Waals surface area contributed by atoms with Gasteiger partial charge in [0, 0.05) is 17.0 Å². The first kappa shape index (κ1) is 14.6. The van der Waals surface area contributed by atoms with Gasteiger partial charge in [0.25, 0.3) is 0 Å².